The van der Waals surface area contributed by atoms with Crippen LogP contribution in [0.25, 0.3) is 5.65 Å². The van der Waals surface area contributed by atoms with Gasteiger partial charge in [0.25, 0.3) is 0 Å². The minimum Gasteiger partial charge on any atom is -0.304 e. The number of nitrogens with one attached hydrogen (secondary N) is 1. The van der Waals surface area contributed by atoms with E-state index in [1.165, 1.54) is 6.07 Å². The van der Waals surface area contributed by atoms with Crippen molar-refractivity contribution in [2.45, 2.75) is 18.2 Å². The van der Waals surface area contributed by atoms with Gasteiger partial charge in [-0.15, -0.1) is 0 Å². The lowest BCUT2D eigenvalue weighted by atomic mass is 10.3. The Labute approximate surface area is 140 Å². The molecule has 7 heteroatoms. The van der Waals surface area contributed by atoms with Crippen molar-refractivity contribution in [2.75, 3.05) is 6.54 Å². The minimum atomic E-state index is -3.62. The molecule has 23 heavy (non-hydrogen) atoms. The molecular formula is C16H16ClN3O2S. The predicted molar refractivity (Wildman–Crippen MR) is 90.3 cm³/mol. The zero-order valence-electron chi connectivity index (χ0n) is 12.5. The smallest absolute Gasteiger partial charge is 0.242 e. The third kappa shape index (κ3) is 3.39. The molecule has 0 saturated carbocycles. The first-order valence-corrected chi connectivity index (χ1v) is 9.01. The number of aryl methyl sites for hydroxylation is 1. The molecule has 3 rings (SSSR count). The van der Waals surface area contributed by atoms with Gasteiger partial charge in [0, 0.05) is 24.9 Å². The van der Waals surface area contributed by atoms with Crippen LogP contribution in [0.4, 0.5) is 0 Å². The maximum Gasteiger partial charge on any atom is 0.242 e. The molecule has 0 radical (unpaired) electrons. The van der Waals surface area contributed by atoms with E-state index in [4.69, 9.17) is 11.6 Å². The average molecular weight is 350 g/mol. The molecule has 0 atom stereocenters. The highest BCUT2D eigenvalue weighted by Gasteiger charge is 2.16. The Morgan fingerprint density at radius 2 is 1.96 bits per heavy atom. The molecule has 0 aliphatic heterocycles. The third-order valence-electron chi connectivity index (χ3n) is 3.55. The number of nitrogens with zero attached hydrogens (tertiary/aromatic N) is 2. The summed E-state index contributed by atoms with van der Waals surface area (Å²) in [7, 11) is -3.62. The van der Waals surface area contributed by atoms with Gasteiger partial charge in [-0.25, -0.2) is 18.1 Å². The number of benzene rings is 1. The van der Waals surface area contributed by atoms with Crippen molar-refractivity contribution < 1.29 is 8.42 Å². The van der Waals surface area contributed by atoms with Gasteiger partial charge in [0.1, 0.15) is 10.5 Å². The van der Waals surface area contributed by atoms with Crippen LogP contribution in [0.2, 0.25) is 5.02 Å². The topological polar surface area (TPSA) is 63.5 Å². The van der Waals surface area contributed by atoms with Crippen LogP contribution < -0.4 is 4.72 Å². The normalized spacial score (nSPS) is 11.9. The van der Waals surface area contributed by atoms with Gasteiger partial charge in [0.15, 0.2) is 0 Å². The second-order valence-electron chi connectivity index (χ2n) is 5.21. The summed E-state index contributed by atoms with van der Waals surface area (Å²) in [6, 6.07) is 12.2. The SMILES string of the molecule is Cc1cccc2nc(CCNS(=O)(=O)c3ccccc3Cl)cn12. The molecule has 0 bridgehead atoms. The Morgan fingerprint density at radius 1 is 1.17 bits per heavy atom. The molecule has 0 saturated heterocycles. The van der Waals surface area contributed by atoms with E-state index in [-0.39, 0.29) is 16.5 Å². The monoisotopic (exact) mass is 349 g/mol. The van der Waals surface area contributed by atoms with Crippen LogP contribution >= 0.6 is 11.6 Å². The lowest BCUT2D eigenvalue weighted by Gasteiger charge is -2.07. The first kappa shape index (κ1) is 16.0. The fourth-order valence-electron chi connectivity index (χ4n) is 2.37. The summed E-state index contributed by atoms with van der Waals surface area (Å²) in [6.45, 7) is 2.26. The highest BCUT2D eigenvalue weighted by Crippen LogP contribution is 2.20. The Bertz CT molecular complexity index is 951. The van der Waals surface area contributed by atoms with Crippen LogP contribution in [0.3, 0.4) is 0 Å². The van der Waals surface area contributed by atoms with Crippen LogP contribution in [-0.2, 0) is 16.4 Å². The summed E-state index contributed by atoms with van der Waals surface area (Å²) in [4.78, 5) is 4.58. The van der Waals surface area contributed by atoms with Crippen LogP contribution in [-0.4, -0.2) is 24.3 Å². The summed E-state index contributed by atoms with van der Waals surface area (Å²) < 4.78 is 29.0. The highest BCUT2D eigenvalue weighted by atomic mass is 35.5. The molecule has 1 N–H and O–H groups in total. The molecule has 1 aromatic carbocycles. The molecule has 0 fully saturated rings. The molecular weight excluding hydrogens is 334 g/mol. The Hall–Kier alpha value is -1.89. The molecule has 2 heterocycles. The van der Waals surface area contributed by atoms with Crippen LogP contribution in [0, 0.1) is 6.92 Å². The number of halogens is 1. The van der Waals surface area contributed by atoms with E-state index in [9.17, 15) is 8.42 Å². The summed E-state index contributed by atoms with van der Waals surface area (Å²) >= 11 is 5.94. The van der Waals surface area contributed by atoms with E-state index >= 15 is 0 Å². The fraction of sp³-hybridized carbons (Fsp3) is 0.188. The maximum atomic E-state index is 12.2. The van der Waals surface area contributed by atoms with Crippen molar-refractivity contribution in [1.29, 1.82) is 0 Å². The zero-order chi connectivity index (χ0) is 16.4. The van der Waals surface area contributed by atoms with E-state index < -0.39 is 10.0 Å². The molecule has 0 amide bonds. The van der Waals surface area contributed by atoms with Crippen molar-refractivity contribution in [1.82, 2.24) is 14.1 Å². The highest BCUT2D eigenvalue weighted by molar-refractivity contribution is 7.89. The molecule has 0 aliphatic carbocycles. The van der Waals surface area contributed by atoms with E-state index in [1.807, 2.05) is 35.7 Å². The molecule has 5 nitrogen and oxygen atoms in total. The summed E-state index contributed by atoms with van der Waals surface area (Å²) in [5.41, 5.74) is 2.77. The summed E-state index contributed by atoms with van der Waals surface area (Å²) in [5, 5.41) is 0.211. The van der Waals surface area contributed by atoms with Gasteiger partial charge in [-0.1, -0.05) is 29.8 Å². The number of aromatic nitrogens is 2. The largest absolute Gasteiger partial charge is 0.304 e. The molecule has 0 spiro atoms. The van der Waals surface area contributed by atoms with Crippen LogP contribution in [0.1, 0.15) is 11.4 Å². The van der Waals surface area contributed by atoms with Gasteiger partial charge < -0.3 is 4.40 Å². The van der Waals surface area contributed by atoms with Crippen molar-refractivity contribution >= 4 is 27.3 Å². The van der Waals surface area contributed by atoms with E-state index in [1.54, 1.807) is 18.2 Å². The summed E-state index contributed by atoms with van der Waals surface area (Å²) in [5.74, 6) is 0. The number of sulfonamides is 1. The molecule has 3 aromatic rings. The molecule has 120 valence electrons. The lowest BCUT2D eigenvalue weighted by Crippen LogP contribution is -2.26. The number of hydrogen-bond donors (Lipinski definition) is 1. The molecule has 0 aliphatic rings. The predicted octanol–water partition coefficient (Wildman–Crippen LogP) is 2.82. The van der Waals surface area contributed by atoms with Gasteiger partial charge >= 0.3 is 0 Å². The van der Waals surface area contributed by atoms with Crippen molar-refractivity contribution in [2.24, 2.45) is 0 Å². The van der Waals surface area contributed by atoms with Crippen LogP contribution in [0.15, 0.2) is 53.6 Å². The number of hydrogen-bond acceptors (Lipinski definition) is 3. The van der Waals surface area contributed by atoms with Gasteiger partial charge in [-0.2, -0.15) is 0 Å². The number of imidazole rings is 1. The fourth-order valence-corrected chi connectivity index (χ4v) is 3.92. The number of fused-ring (bicyclic) bond motifs is 1. The van der Waals surface area contributed by atoms with Crippen molar-refractivity contribution in [3.8, 4) is 0 Å². The Morgan fingerprint density at radius 3 is 2.70 bits per heavy atom. The molecule has 0 unspecified atom stereocenters. The first-order valence-electron chi connectivity index (χ1n) is 7.15. The second kappa shape index (κ2) is 6.31. The first-order chi connectivity index (χ1) is 11.0. The standard InChI is InChI=1S/C16H16ClN3O2S/c1-12-5-4-8-16-19-13(11-20(12)16)9-10-18-23(21,22)15-7-3-2-6-14(15)17/h2-8,11,18H,9-10H2,1H3. The minimum absolute atomic E-state index is 0.0903. The number of pyridine rings is 1. The average Bonchev–Trinajstić information content (AvgIpc) is 2.92. The van der Waals surface area contributed by atoms with Gasteiger partial charge in [-0.05, 0) is 31.2 Å². The number of rotatable bonds is 5. The van der Waals surface area contributed by atoms with Crippen molar-refractivity contribution in [3.05, 3.63) is 65.1 Å². The Kier molecular flexibility index (Phi) is 4.39. The quantitative estimate of drug-likeness (QED) is 0.770. The lowest BCUT2D eigenvalue weighted by molar-refractivity contribution is 0.581. The zero-order valence-corrected chi connectivity index (χ0v) is 14.1. The van der Waals surface area contributed by atoms with E-state index in [0.29, 0.717) is 6.42 Å². The van der Waals surface area contributed by atoms with Crippen molar-refractivity contribution in [3.63, 3.8) is 0 Å². The summed E-state index contributed by atoms with van der Waals surface area (Å²) in [6.07, 6.45) is 2.43. The van der Waals surface area contributed by atoms with E-state index in [2.05, 4.69) is 9.71 Å². The third-order valence-corrected chi connectivity index (χ3v) is 5.51. The van der Waals surface area contributed by atoms with Gasteiger partial charge in [0.05, 0.1) is 10.7 Å². The molecule has 2 aromatic heterocycles. The van der Waals surface area contributed by atoms with E-state index in [0.717, 1.165) is 17.0 Å². The van der Waals surface area contributed by atoms with Gasteiger partial charge in [0.2, 0.25) is 10.0 Å². The van der Waals surface area contributed by atoms with Crippen LogP contribution in [0.5, 0.6) is 0 Å². The maximum absolute atomic E-state index is 12.2. The Balaban J connectivity index is 1.71. The van der Waals surface area contributed by atoms with Gasteiger partial charge in [-0.3, -0.25) is 0 Å². The second-order valence-corrected chi connectivity index (χ2v) is 7.35.